The van der Waals surface area contributed by atoms with Gasteiger partial charge in [-0.1, -0.05) is 0 Å². The van der Waals surface area contributed by atoms with Crippen molar-refractivity contribution in [3.63, 3.8) is 0 Å². The number of hydrogen-bond donors (Lipinski definition) is 1. The minimum Gasteiger partial charge on any atom is -0.481 e. The minimum atomic E-state index is -0.881. The summed E-state index contributed by atoms with van der Waals surface area (Å²) in [6, 6.07) is 3.32. The van der Waals surface area contributed by atoms with Gasteiger partial charge in [-0.3, -0.25) is 9.59 Å². The van der Waals surface area contributed by atoms with E-state index in [4.69, 9.17) is 9.52 Å². The van der Waals surface area contributed by atoms with Crippen molar-refractivity contribution >= 4 is 11.8 Å². The van der Waals surface area contributed by atoms with Crippen molar-refractivity contribution in [2.75, 3.05) is 0 Å². The van der Waals surface area contributed by atoms with Crippen molar-refractivity contribution < 1.29 is 19.1 Å². The lowest BCUT2D eigenvalue weighted by Gasteiger charge is -1.95. The Bertz CT molecular complexity index is 338. The Morgan fingerprint density at radius 3 is 2.57 bits per heavy atom. The van der Waals surface area contributed by atoms with Crippen LogP contribution >= 0.6 is 0 Å². The van der Waals surface area contributed by atoms with Crippen LogP contribution in [-0.4, -0.2) is 16.9 Å². The number of ketones is 1. The fourth-order valence-electron chi connectivity index (χ4n) is 1.11. The van der Waals surface area contributed by atoms with Crippen molar-refractivity contribution in [3.8, 4) is 0 Å². The van der Waals surface area contributed by atoms with E-state index in [9.17, 15) is 9.59 Å². The van der Waals surface area contributed by atoms with E-state index in [2.05, 4.69) is 0 Å². The average Bonchev–Trinajstić information content (AvgIpc) is 2.51. The summed E-state index contributed by atoms with van der Waals surface area (Å²) in [4.78, 5) is 21.5. The minimum absolute atomic E-state index is 0.0193. The number of carboxylic acid groups (broad SMARTS) is 1. The monoisotopic (exact) mass is 196 g/mol. The number of hydrogen-bond acceptors (Lipinski definition) is 3. The Morgan fingerprint density at radius 2 is 2.07 bits per heavy atom. The van der Waals surface area contributed by atoms with Crippen molar-refractivity contribution in [2.24, 2.45) is 0 Å². The van der Waals surface area contributed by atoms with Crippen LogP contribution in [0.3, 0.4) is 0 Å². The molecule has 1 heterocycles. The maximum absolute atomic E-state index is 11.4. The van der Waals surface area contributed by atoms with E-state index in [1.54, 1.807) is 19.1 Å². The smallest absolute Gasteiger partial charge is 0.303 e. The highest BCUT2D eigenvalue weighted by atomic mass is 16.4. The quantitative estimate of drug-likeness (QED) is 0.731. The van der Waals surface area contributed by atoms with Crippen LogP contribution in [0, 0.1) is 6.92 Å². The predicted octanol–water partition coefficient (Wildman–Crippen LogP) is 2.03. The molecule has 0 saturated carbocycles. The van der Waals surface area contributed by atoms with Gasteiger partial charge in [0.1, 0.15) is 5.76 Å². The molecule has 0 aliphatic heterocycles. The molecule has 1 aromatic heterocycles. The molecule has 0 spiro atoms. The first-order valence-corrected chi connectivity index (χ1v) is 4.41. The molecule has 1 aromatic rings. The van der Waals surface area contributed by atoms with Gasteiger partial charge in [0.25, 0.3) is 0 Å². The van der Waals surface area contributed by atoms with Crippen LogP contribution in [0.1, 0.15) is 35.6 Å². The number of furan rings is 1. The van der Waals surface area contributed by atoms with Gasteiger partial charge in [-0.25, -0.2) is 0 Å². The zero-order valence-corrected chi connectivity index (χ0v) is 7.95. The van der Waals surface area contributed by atoms with Crippen LogP contribution in [-0.2, 0) is 4.79 Å². The molecule has 0 aromatic carbocycles. The fraction of sp³-hybridized carbons (Fsp3) is 0.400. The fourth-order valence-corrected chi connectivity index (χ4v) is 1.11. The Balaban J connectivity index is 2.39. The van der Waals surface area contributed by atoms with E-state index in [0.717, 1.165) is 0 Å². The molecular formula is C10H12O4. The third-order valence-corrected chi connectivity index (χ3v) is 1.81. The summed E-state index contributed by atoms with van der Waals surface area (Å²) in [6.45, 7) is 1.76. The number of carbonyl (C=O) groups excluding carboxylic acids is 1. The van der Waals surface area contributed by atoms with E-state index in [-0.39, 0.29) is 18.6 Å². The van der Waals surface area contributed by atoms with Gasteiger partial charge < -0.3 is 9.52 Å². The second-order valence-corrected chi connectivity index (χ2v) is 3.08. The van der Waals surface area contributed by atoms with E-state index in [0.29, 0.717) is 17.9 Å². The molecule has 76 valence electrons. The molecular weight excluding hydrogens is 184 g/mol. The van der Waals surface area contributed by atoms with Crippen LogP contribution in [0.25, 0.3) is 0 Å². The molecule has 0 amide bonds. The highest BCUT2D eigenvalue weighted by Gasteiger charge is 2.10. The molecule has 0 bridgehead atoms. The molecule has 4 heteroatoms. The first-order valence-electron chi connectivity index (χ1n) is 4.41. The summed E-state index contributed by atoms with van der Waals surface area (Å²) >= 11 is 0. The summed E-state index contributed by atoms with van der Waals surface area (Å²) in [5.41, 5.74) is 0. The molecule has 0 unspecified atom stereocenters. The third-order valence-electron chi connectivity index (χ3n) is 1.81. The lowest BCUT2D eigenvalue weighted by atomic mass is 10.1. The van der Waals surface area contributed by atoms with E-state index >= 15 is 0 Å². The zero-order valence-electron chi connectivity index (χ0n) is 7.95. The molecule has 1 N–H and O–H groups in total. The van der Waals surface area contributed by atoms with Crippen LogP contribution in [0.2, 0.25) is 0 Å². The van der Waals surface area contributed by atoms with Crippen LogP contribution in [0.4, 0.5) is 0 Å². The van der Waals surface area contributed by atoms with Gasteiger partial charge in [-0.15, -0.1) is 0 Å². The predicted molar refractivity (Wildman–Crippen MR) is 49.3 cm³/mol. The number of rotatable bonds is 5. The van der Waals surface area contributed by atoms with Crippen molar-refractivity contribution in [1.29, 1.82) is 0 Å². The topological polar surface area (TPSA) is 67.5 Å². The standard InChI is InChI=1S/C10H12O4/c1-7-5-6-9(14-7)8(11)3-2-4-10(12)13/h5-6H,2-4H2,1H3,(H,12,13). The second-order valence-electron chi connectivity index (χ2n) is 3.08. The van der Waals surface area contributed by atoms with Crippen LogP contribution < -0.4 is 0 Å². The molecule has 0 aliphatic carbocycles. The molecule has 0 saturated heterocycles. The number of carbonyl (C=O) groups is 2. The van der Waals surface area contributed by atoms with Crippen molar-refractivity contribution in [2.45, 2.75) is 26.2 Å². The summed E-state index contributed by atoms with van der Waals surface area (Å²) in [6.07, 6.45) is 0.596. The molecule has 0 aliphatic rings. The van der Waals surface area contributed by atoms with E-state index < -0.39 is 5.97 Å². The lowest BCUT2D eigenvalue weighted by molar-refractivity contribution is -0.137. The van der Waals surface area contributed by atoms with Crippen molar-refractivity contribution in [1.82, 2.24) is 0 Å². The highest BCUT2D eigenvalue weighted by molar-refractivity contribution is 5.93. The van der Waals surface area contributed by atoms with Crippen LogP contribution in [0.5, 0.6) is 0 Å². The van der Waals surface area contributed by atoms with Gasteiger partial charge in [0.15, 0.2) is 11.5 Å². The van der Waals surface area contributed by atoms with Gasteiger partial charge in [-0.05, 0) is 25.5 Å². The van der Waals surface area contributed by atoms with Gasteiger partial charge in [-0.2, -0.15) is 0 Å². The molecule has 0 atom stereocenters. The van der Waals surface area contributed by atoms with E-state index in [1.165, 1.54) is 0 Å². The molecule has 0 fully saturated rings. The number of aliphatic carboxylic acids is 1. The zero-order chi connectivity index (χ0) is 10.6. The first kappa shape index (κ1) is 10.5. The highest BCUT2D eigenvalue weighted by Crippen LogP contribution is 2.10. The largest absolute Gasteiger partial charge is 0.481 e. The second kappa shape index (κ2) is 4.60. The summed E-state index contributed by atoms with van der Waals surface area (Å²) < 4.78 is 5.11. The lowest BCUT2D eigenvalue weighted by Crippen LogP contribution is -2.00. The molecule has 0 radical (unpaired) electrons. The van der Waals surface area contributed by atoms with Gasteiger partial charge >= 0.3 is 5.97 Å². The average molecular weight is 196 g/mol. The number of aryl methyl sites for hydroxylation is 1. The Kier molecular flexibility index (Phi) is 3.45. The van der Waals surface area contributed by atoms with Crippen LogP contribution in [0.15, 0.2) is 16.5 Å². The first-order chi connectivity index (χ1) is 6.59. The van der Waals surface area contributed by atoms with Gasteiger partial charge in [0, 0.05) is 12.8 Å². The summed E-state index contributed by atoms with van der Waals surface area (Å²) in [7, 11) is 0. The maximum Gasteiger partial charge on any atom is 0.303 e. The normalized spacial score (nSPS) is 10.1. The molecule has 4 nitrogen and oxygen atoms in total. The summed E-state index contributed by atoms with van der Waals surface area (Å²) in [5.74, 6) is -0.0211. The van der Waals surface area contributed by atoms with E-state index in [1.807, 2.05) is 0 Å². The Labute approximate surface area is 81.5 Å². The van der Waals surface area contributed by atoms with Gasteiger partial charge in [0.05, 0.1) is 0 Å². The summed E-state index contributed by atoms with van der Waals surface area (Å²) in [5, 5.41) is 8.37. The van der Waals surface area contributed by atoms with Gasteiger partial charge in [0.2, 0.25) is 0 Å². The SMILES string of the molecule is Cc1ccc(C(=O)CCCC(=O)O)o1. The van der Waals surface area contributed by atoms with Crippen molar-refractivity contribution in [3.05, 3.63) is 23.7 Å². The Hall–Kier alpha value is -1.58. The number of Topliss-reactive ketones (excluding diaryl/α,β-unsaturated/α-hetero) is 1. The molecule has 14 heavy (non-hydrogen) atoms. The number of carboxylic acids is 1. The Morgan fingerprint density at radius 1 is 1.36 bits per heavy atom. The maximum atomic E-state index is 11.4. The third kappa shape index (κ3) is 3.05. The molecule has 1 rings (SSSR count).